The van der Waals surface area contributed by atoms with Crippen LogP contribution in [-0.2, 0) is 4.74 Å². The number of rotatable bonds is 4. The number of amides is 1. The van der Waals surface area contributed by atoms with E-state index in [1.54, 1.807) is 0 Å². The van der Waals surface area contributed by atoms with Crippen LogP contribution in [0.25, 0.3) is 0 Å². The molecule has 1 heterocycles. The summed E-state index contributed by atoms with van der Waals surface area (Å²) in [5.74, 6) is 0.400. The number of carbonyl (C=O) groups is 1. The van der Waals surface area contributed by atoms with Gasteiger partial charge in [-0.05, 0) is 32.2 Å². The molecule has 0 aromatic carbocycles. The van der Waals surface area contributed by atoms with E-state index >= 15 is 0 Å². The number of likely N-dealkylation sites (tertiary alicyclic amines) is 1. The first-order chi connectivity index (χ1) is 7.65. The van der Waals surface area contributed by atoms with Gasteiger partial charge in [0.25, 0.3) is 0 Å². The summed E-state index contributed by atoms with van der Waals surface area (Å²) in [6.07, 6.45) is 3.24. The summed E-state index contributed by atoms with van der Waals surface area (Å²) in [5.41, 5.74) is 0. The van der Waals surface area contributed by atoms with Crippen molar-refractivity contribution in [3.63, 3.8) is 0 Å². The largest absolute Gasteiger partial charge is 0.449 e. The molecular weight excluding hydrogens is 204 g/mol. The molecule has 0 spiro atoms. The van der Waals surface area contributed by atoms with Gasteiger partial charge in [-0.2, -0.15) is 0 Å². The predicted octanol–water partition coefficient (Wildman–Crippen LogP) is 1.85. The first kappa shape index (κ1) is 13.3. The van der Waals surface area contributed by atoms with Crippen LogP contribution < -0.4 is 5.32 Å². The molecule has 16 heavy (non-hydrogen) atoms. The third-order valence-corrected chi connectivity index (χ3v) is 2.84. The van der Waals surface area contributed by atoms with Gasteiger partial charge in [0.15, 0.2) is 0 Å². The highest BCUT2D eigenvalue weighted by atomic mass is 16.6. The summed E-state index contributed by atoms with van der Waals surface area (Å²) in [6.45, 7) is 6.31. The number of piperidine rings is 1. The van der Waals surface area contributed by atoms with E-state index < -0.39 is 0 Å². The molecule has 4 heteroatoms. The molecule has 0 bridgehead atoms. The van der Waals surface area contributed by atoms with Crippen molar-refractivity contribution in [2.24, 2.45) is 5.92 Å². The Morgan fingerprint density at radius 2 is 2.25 bits per heavy atom. The van der Waals surface area contributed by atoms with Gasteiger partial charge < -0.3 is 15.0 Å². The summed E-state index contributed by atoms with van der Waals surface area (Å²) in [6, 6.07) is 0.304. The van der Waals surface area contributed by atoms with Crippen LogP contribution in [0, 0.1) is 5.92 Å². The molecule has 94 valence electrons. The molecule has 0 aliphatic carbocycles. The Balaban J connectivity index is 2.43. The number of nitrogens with zero attached hydrogens (tertiary/aromatic N) is 1. The molecule has 1 atom stereocenters. The van der Waals surface area contributed by atoms with Crippen LogP contribution in [0.15, 0.2) is 0 Å². The van der Waals surface area contributed by atoms with Gasteiger partial charge in [-0.3, -0.25) is 0 Å². The van der Waals surface area contributed by atoms with Crippen molar-refractivity contribution >= 4 is 6.09 Å². The summed E-state index contributed by atoms with van der Waals surface area (Å²) >= 11 is 0. The quantitative estimate of drug-likeness (QED) is 0.798. The Bertz CT molecular complexity index is 217. The van der Waals surface area contributed by atoms with E-state index in [0.717, 1.165) is 25.9 Å². The molecular formula is C12H24N2O2. The van der Waals surface area contributed by atoms with Crippen molar-refractivity contribution in [3.05, 3.63) is 0 Å². The van der Waals surface area contributed by atoms with Gasteiger partial charge in [0.1, 0.15) is 0 Å². The maximum atomic E-state index is 11.9. The molecule has 0 radical (unpaired) electrons. The van der Waals surface area contributed by atoms with E-state index in [0.29, 0.717) is 18.6 Å². The fourth-order valence-electron chi connectivity index (χ4n) is 2.01. The Labute approximate surface area is 98.3 Å². The van der Waals surface area contributed by atoms with Gasteiger partial charge in [0.2, 0.25) is 0 Å². The molecule has 0 aromatic rings. The zero-order chi connectivity index (χ0) is 12.0. The van der Waals surface area contributed by atoms with E-state index in [4.69, 9.17) is 4.74 Å². The van der Waals surface area contributed by atoms with Gasteiger partial charge in [-0.1, -0.05) is 13.8 Å². The lowest BCUT2D eigenvalue weighted by Crippen LogP contribution is -2.48. The van der Waals surface area contributed by atoms with Crippen molar-refractivity contribution in [2.75, 3.05) is 26.7 Å². The third kappa shape index (κ3) is 4.00. The maximum absolute atomic E-state index is 11.9. The first-order valence-corrected chi connectivity index (χ1v) is 6.23. The van der Waals surface area contributed by atoms with Gasteiger partial charge >= 0.3 is 6.09 Å². The van der Waals surface area contributed by atoms with Crippen LogP contribution in [0.3, 0.4) is 0 Å². The van der Waals surface area contributed by atoms with E-state index in [9.17, 15) is 4.79 Å². The van der Waals surface area contributed by atoms with Gasteiger partial charge in [0.05, 0.1) is 6.61 Å². The molecule has 1 unspecified atom stereocenters. The van der Waals surface area contributed by atoms with Crippen molar-refractivity contribution < 1.29 is 9.53 Å². The summed E-state index contributed by atoms with van der Waals surface area (Å²) < 4.78 is 5.28. The number of carbonyl (C=O) groups excluding carboxylic acids is 1. The standard InChI is InChI=1S/C12H24N2O2/c1-10(2)9-16-12(15)14-7-5-4-6-11(14)8-13-3/h10-11,13H,4-9H2,1-3H3. The highest BCUT2D eigenvalue weighted by Crippen LogP contribution is 2.17. The van der Waals surface area contributed by atoms with Crippen LogP contribution in [0.4, 0.5) is 4.79 Å². The lowest BCUT2D eigenvalue weighted by molar-refractivity contribution is 0.0657. The molecule has 1 rings (SSSR count). The number of hydrogen-bond acceptors (Lipinski definition) is 3. The van der Waals surface area contributed by atoms with Crippen LogP contribution in [0.5, 0.6) is 0 Å². The SMILES string of the molecule is CNCC1CCCCN1C(=O)OCC(C)C. The molecule has 1 amide bonds. The number of ether oxygens (including phenoxy) is 1. The molecule has 1 aliphatic heterocycles. The minimum absolute atomic E-state index is 0.145. The second-order valence-corrected chi connectivity index (χ2v) is 4.87. The van der Waals surface area contributed by atoms with Crippen molar-refractivity contribution in [3.8, 4) is 0 Å². The molecule has 0 aromatic heterocycles. The lowest BCUT2D eigenvalue weighted by atomic mass is 10.0. The molecule has 1 saturated heterocycles. The number of hydrogen-bond donors (Lipinski definition) is 1. The van der Waals surface area contributed by atoms with Gasteiger partial charge in [-0.15, -0.1) is 0 Å². The predicted molar refractivity (Wildman–Crippen MR) is 64.5 cm³/mol. The van der Waals surface area contributed by atoms with Gasteiger partial charge in [0, 0.05) is 19.1 Å². The normalized spacial score (nSPS) is 21.2. The Kier molecular flexibility index (Phi) is 5.60. The third-order valence-electron chi connectivity index (χ3n) is 2.84. The topological polar surface area (TPSA) is 41.6 Å². The maximum Gasteiger partial charge on any atom is 0.410 e. The average molecular weight is 228 g/mol. The zero-order valence-electron chi connectivity index (χ0n) is 10.7. The van der Waals surface area contributed by atoms with E-state index in [1.807, 2.05) is 11.9 Å². The second-order valence-electron chi connectivity index (χ2n) is 4.87. The lowest BCUT2D eigenvalue weighted by Gasteiger charge is -2.34. The minimum atomic E-state index is -0.145. The summed E-state index contributed by atoms with van der Waals surface area (Å²) in [5, 5.41) is 3.14. The smallest absolute Gasteiger partial charge is 0.410 e. The fraction of sp³-hybridized carbons (Fsp3) is 0.917. The Morgan fingerprint density at radius 1 is 1.50 bits per heavy atom. The summed E-state index contributed by atoms with van der Waals surface area (Å²) in [4.78, 5) is 13.7. The fourth-order valence-corrected chi connectivity index (χ4v) is 2.01. The second kappa shape index (κ2) is 6.74. The number of likely N-dealkylation sites (N-methyl/N-ethyl adjacent to an activating group) is 1. The average Bonchev–Trinajstić information content (AvgIpc) is 2.27. The molecule has 4 nitrogen and oxygen atoms in total. The van der Waals surface area contributed by atoms with Crippen LogP contribution in [-0.4, -0.2) is 43.8 Å². The highest BCUT2D eigenvalue weighted by molar-refractivity contribution is 5.68. The van der Waals surface area contributed by atoms with Crippen LogP contribution in [0.1, 0.15) is 33.1 Å². The van der Waals surface area contributed by atoms with Crippen molar-refractivity contribution in [1.82, 2.24) is 10.2 Å². The molecule has 1 aliphatic rings. The van der Waals surface area contributed by atoms with Crippen LogP contribution >= 0.6 is 0 Å². The van der Waals surface area contributed by atoms with E-state index in [2.05, 4.69) is 19.2 Å². The van der Waals surface area contributed by atoms with Gasteiger partial charge in [-0.25, -0.2) is 4.79 Å². The molecule has 1 fully saturated rings. The van der Waals surface area contributed by atoms with E-state index in [-0.39, 0.29) is 6.09 Å². The van der Waals surface area contributed by atoms with Crippen LogP contribution in [0.2, 0.25) is 0 Å². The summed E-state index contributed by atoms with van der Waals surface area (Å²) in [7, 11) is 1.92. The Morgan fingerprint density at radius 3 is 2.88 bits per heavy atom. The minimum Gasteiger partial charge on any atom is -0.449 e. The molecule has 0 saturated carbocycles. The van der Waals surface area contributed by atoms with Crippen molar-refractivity contribution in [1.29, 1.82) is 0 Å². The first-order valence-electron chi connectivity index (χ1n) is 6.23. The Hall–Kier alpha value is -0.770. The number of nitrogens with one attached hydrogen (secondary N) is 1. The highest BCUT2D eigenvalue weighted by Gasteiger charge is 2.27. The monoisotopic (exact) mass is 228 g/mol. The van der Waals surface area contributed by atoms with Crippen molar-refractivity contribution in [2.45, 2.75) is 39.2 Å². The molecule has 1 N–H and O–H groups in total. The zero-order valence-corrected chi connectivity index (χ0v) is 10.7. The van der Waals surface area contributed by atoms with E-state index in [1.165, 1.54) is 6.42 Å².